The van der Waals surface area contributed by atoms with Crippen molar-refractivity contribution in [2.45, 2.75) is 31.9 Å². The van der Waals surface area contributed by atoms with Crippen LogP contribution in [0.2, 0.25) is 0 Å². The second-order valence-corrected chi connectivity index (χ2v) is 3.50. The molecule has 1 fully saturated rings. The third-order valence-corrected chi connectivity index (χ3v) is 2.34. The van der Waals surface area contributed by atoms with Crippen LogP contribution in [0.3, 0.4) is 0 Å². The lowest BCUT2D eigenvalue weighted by Crippen LogP contribution is -2.33. The number of aliphatic hydroxyl groups excluding tert-OH is 1. The molecule has 3 N–H and O–H groups in total. The van der Waals surface area contributed by atoms with Crippen molar-refractivity contribution in [1.29, 1.82) is 0 Å². The molecule has 0 amide bonds. The minimum absolute atomic E-state index is 0.144. The molecule has 3 atom stereocenters. The molecule has 0 bridgehead atoms. The lowest BCUT2D eigenvalue weighted by Gasteiger charge is -2.12. The topological polar surface area (TPSA) is 98.8 Å². The molecule has 1 aliphatic carbocycles. The van der Waals surface area contributed by atoms with Crippen LogP contribution in [-0.4, -0.2) is 36.0 Å². The Morgan fingerprint density at radius 3 is 2.60 bits per heavy atom. The zero-order valence-corrected chi connectivity index (χ0v) is 8.51. The normalized spacial score (nSPS) is 29.9. The summed E-state index contributed by atoms with van der Waals surface area (Å²) in [5.41, 5.74) is 5.61. The minimum atomic E-state index is -1.02. The quantitative estimate of drug-likeness (QED) is 0.490. The SMILES string of the molecule is CCOC(=O)OC(=O)C1CC(O)CC1N. The fraction of sp³-hybridized carbons (Fsp3) is 0.778. The highest BCUT2D eigenvalue weighted by atomic mass is 16.7. The van der Waals surface area contributed by atoms with Crippen molar-refractivity contribution in [3.8, 4) is 0 Å². The van der Waals surface area contributed by atoms with Gasteiger partial charge >= 0.3 is 12.1 Å². The Hall–Kier alpha value is -1.14. The fourth-order valence-electron chi connectivity index (χ4n) is 1.62. The molecular weight excluding hydrogens is 202 g/mol. The van der Waals surface area contributed by atoms with Crippen LogP contribution in [0.5, 0.6) is 0 Å². The highest BCUT2D eigenvalue weighted by molar-refractivity contribution is 5.84. The third kappa shape index (κ3) is 3.17. The monoisotopic (exact) mass is 217 g/mol. The second kappa shape index (κ2) is 5.09. The largest absolute Gasteiger partial charge is 0.516 e. The van der Waals surface area contributed by atoms with E-state index in [1.54, 1.807) is 6.92 Å². The highest BCUT2D eigenvalue weighted by Crippen LogP contribution is 2.25. The number of ether oxygens (including phenoxy) is 2. The molecule has 0 aromatic carbocycles. The minimum Gasteiger partial charge on any atom is -0.434 e. The van der Waals surface area contributed by atoms with Gasteiger partial charge in [0.2, 0.25) is 0 Å². The lowest BCUT2D eigenvalue weighted by molar-refractivity contribution is -0.144. The van der Waals surface area contributed by atoms with Crippen molar-refractivity contribution < 1.29 is 24.2 Å². The summed E-state index contributed by atoms with van der Waals surface area (Å²) in [5.74, 6) is -1.35. The van der Waals surface area contributed by atoms with Gasteiger partial charge in [-0.2, -0.15) is 0 Å². The van der Waals surface area contributed by atoms with Gasteiger partial charge in [-0.05, 0) is 19.8 Å². The average Bonchev–Trinajstić information content (AvgIpc) is 2.45. The molecule has 1 aliphatic rings. The Labute approximate surface area is 87.3 Å². The van der Waals surface area contributed by atoms with Crippen LogP contribution in [-0.2, 0) is 14.3 Å². The van der Waals surface area contributed by atoms with E-state index in [-0.39, 0.29) is 13.0 Å². The van der Waals surface area contributed by atoms with Gasteiger partial charge < -0.3 is 20.3 Å². The number of carbonyl (C=O) groups excluding carboxylic acids is 2. The summed E-state index contributed by atoms with van der Waals surface area (Å²) >= 11 is 0. The molecule has 6 heteroatoms. The molecule has 0 spiro atoms. The van der Waals surface area contributed by atoms with Crippen LogP contribution in [0.4, 0.5) is 4.79 Å². The average molecular weight is 217 g/mol. The Kier molecular flexibility index (Phi) is 4.05. The van der Waals surface area contributed by atoms with Crippen LogP contribution in [0, 0.1) is 5.92 Å². The van der Waals surface area contributed by atoms with Crippen LogP contribution < -0.4 is 5.73 Å². The van der Waals surface area contributed by atoms with Gasteiger partial charge in [-0.1, -0.05) is 0 Å². The summed E-state index contributed by atoms with van der Waals surface area (Å²) in [4.78, 5) is 22.2. The van der Waals surface area contributed by atoms with Gasteiger partial charge in [0, 0.05) is 6.04 Å². The molecule has 0 aromatic rings. The Morgan fingerprint density at radius 1 is 1.47 bits per heavy atom. The molecule has 86 valence electrons. The molecule has 3 unspecified atom stereocenters. The Morgan fingerprint density at radius 2 is 2.13 bits per heavy atom. The third-order valence-electron chi connectivity index (χ3n) is 2.34. The predicted octanol–water partition coefficient (Wildman–Crippen LogP) is -0.216. The van der Waals surface area contributed by atoms with Crippen molar-refractivity contribution in [3.05, 3.63) is 0 Å². The number of rotatable bonds is 2. The molecule has 1 rings (SSSR count). The van der Waals surface area contributed by atoms with Crippen LogP contribution in [0.15, 0.2) is 0 Å². The molecule has 0 heterocycles. The first-order chi connectivity index (χ1) is 7.04. The molecule has 1 saturated carbocycles. The summed E-state index contributed by atoms with van der Waals surface area (Å²) in [6, 6.07) is -0.457. The maximum absolute atomic E-state index is 11.4. The van der Waals surface area contributed by atoms with Crippen molar-refractivity contribution in [2.75, 3.05) is 6.61 Å². The van der Waals surface area contributed by atoms with E-state index in [4.69, 9.17) is 5.73 Å². The molecule has 0 aliphatic heterocycles. The van der Waals surface area contributed by atoms with Gasteiger partial charge in [0.25, 0.3) is 0 Å². The fourth-order valence-corrected chi connectivity index (χ4v) is 1.62. The molecule has 0 saturated heterocycles. The first-order valence-corrected chi connectivity index (χ1v) is 4.86. The van der Waals surface area contributed by atoms with E-state index in [2.05, 4.69) is 9.47 Å². The van der Waals surface area contributed by atoms with Crippen molar-refractivity contribution >= 4 is 12.1 Å². The van der Waals surface area contributed by atoms with Crippen molar-refractivity contribution in [2.24, 2.45) is 11.7 Å². The van der Waals surface area contributed by atoms with Crippen LogP contribution in [0.1, 0.15) is 19.8 Å². The number of hydrogen-bond acceptors (Lipinski definition) is 6. The van der Waals surface area contributed by atoms with E-state index < -0.39 is 30.2 Å². The molecule has 6 nitrogen and oxygen atoms in total. The zero-order chi connectivity index (χ0) is 11.4. The van der Waals surface area contributed by atoms with E-state index in [9.17, 15) is 14.7 Å². The summed E-state index contributed by atoms with van der Waals surface area (Å²) < 4.78 is 8.85. The second-order valence-electron chi connectivity index (χ2n) is 3.50. The molecule has 0 aromatic heterocycles. The molecule has 0 radical (unpaired) electrons. The zero-order valence-electron chi connectivity index (χ0n) is 8.51. The number of aliphatic hydroxyl groups is 1. The lowest BCUT2D eigenvalue weighted by atomic mass is 10.1. The molecule has 15 heavy (non-hydrogen) atoms. The van der Waals surface area contributed by atoms with Crippen LogP contribution >= 0.6 is 0 Å². The maximum Gasteiger partial charge on any atom is 0.516 e. The first-order valence-electron chi connectivity index (χ1n) is 4.86. The van der Waals surface area contributed by atoms with Gasteiger partial charge in [-0.25, -0.2) is 4.79 Å². The van der Waals surface area contributed by atoms with Gasteiger partial charge in [0.15, 0.2) is 0 Å². The van der Waals surface area contributed by atoms with E-state index in [0.717, 1.165) is 0 Å². The molecular formula is C9H15NO5. The van der Waals surface area contributed by atoms with Crippen molar-refractivity contribution in [3.63, 3.8) is 0 Å². The van der Waals surface area contributed by atoms with Gasteiger partial charge in [0.05, 0.1) is 18.6 Å². The smallest absolute Gasteiger partial charge is 0.434 e. The van der Waals surface area contributed by atoms with Gasteiger partial charge in [-0.15, -0.1) is 0 Å². The summed E-state index contributed by atoms with van der Waals surface area (Å²) in [6.07, 6.45) is -1.03. The summed E-state index contributed by atoms with van der Waals surface area (Å²) in [6.45, 7) is 1.75. The number of carbonyl (C=O) groups is 2. The van der Waals surface area contributed by atoms with Crippen molar-refractivity contribution in [1.82, 2.24) is 0 Å². The first kappa shape index (κ1) is 11.9. The van der Waals surface area contributed by atoms with E-state index >= 15 is 0 Å². The Bertz CT molecular complexity index is 255. The number of hydrogen-bond donors (Lipinski definition) is 2. The Balaban J connectivity index is 2.43. The van der Waals surface area contributed by atoms with E-state index in [1.165, 1.54) is 0 Å². The highest BCUT2D eigenvalue weighted by Gasteiger charge is 2.37. The van der Waals surface area contributed by atoms with Crippen LogP contribution in [0.25, 0.3) is 0 Å². The predicted molar refractivity (Wildman–Crippen MR) is 49.8 cm³/mol. The summed E-state index contributed by atoms with van der Waals surface area (Å²) in [5, 5.41) is 9.25. The van der Waals surface area contributed by atoms with E-state index in [1.807, 2.05) is 0 Å². The van der Waals surface area contributed by atoms with E-state index in [0.29, 0.717) is 6.42 Å². The van der Waals surface area contributed by atoms with Gasteiger partial charge in [-0.3, -0.25) is 4.79 Å². The maximum atomic E-state index is 11.4. The number of esters is 1. The standard InChI is InChI=1S/C9H15NO5/c1-2-14-9(13)15-8(12)6-3-5(11)4-7(6)10/h5-7,11H,2-4,10H2,1H3. The summed E-state index contributed by atoms with van der Waals surface area (Å²) in [7, 11) is 0. The number of nitrogens with two attached hydrogens (primary N) is 1. The van der Waals surface area contributed by atoms with Gasteiger partial charge in [0.1, 0.15) is 0 Å².